The van der Waals surface area contributed by atoms with Gasteiger partial charge in [0.1, 0.15) is 0 Å². The van der Waals surface area contributed by atoms with Crippen LogP contribution in [0.1, 0.15) is 18.7 Å². The highest BCUT2D eigenvalue weighted by atomic mass is 32.2. The number of nitrogens with two attached hydrogens (primary N) is 1. The van der Waals surface area contributed by atoms with Gasteiger partial charge in [0, 0.05) is 43.1 Å². The zero-order valence-corrected chi connectivity index (χ0v) is 18.7. The minimum Gasteiger partial charge on any atom is -0.381 e. The van der Waals surface area contributed by atoms with Gasteiger partial charge in [-0.25, -0.2) is 9.78 Å². The van der Waals surface area contributed by atoms with Crippen LogP contribution in [0, 0.1) is 5.92 Å². The highest BCUT2D eigenvalue weighted by Gasteiger charge is 2.38. The first-order chi connectivity index (χ1) is 15.7. The standard InChI is InChI=1S/C22H24F3N5O2S/c1-29(33-17-5-2-15(3-6-17)27-21(26)31)16-4-7-19-18(12-16)28-20(22(23,24)25)30(19)13-14-8-10-32-11-9-14/h2-7,12,14H,8-11,13H2,1H3,(H3,26,27,31). The number of halogens is 3. The van der Waals surface area contributed by atoms with Crippen LogP contribution in [0.15, 0.2) is 47.4 Å². The molecule has 0 spiro atoms. The monoisotopic (exact) mass is 479 g/mol. The second-order valence-corrected chi connectivity index (χ2v) is 9.08. The van der Waals surface area contributed by atoms with E-state index in [2.05, 4.69) is 10.3 Å². The Hall–Kier alpha value is -2.92. The number of hydrogen-bond acceptors (Lipinski definition) is 5. The highest BCUT2D eigenvalue weighted by Crippen LogP contribution is 2.35. The second-order valence-electron chi connectivity index (χ2n) is 7.87. The van der Waals surface area contributed by atoms with Gasteiger partial charge in [0.15, 0.2) is 0 Å². The number of alkyl halides is 3. The van der Waals surface area contributed by atoms with Crippen LogP contribution in [-0.2, 0) is 17.5 Å². The predicted octanol–water partition coefficient (Wildman–Crippen LogP) is 5.12. The van der Waals surface area contributed by atoms with Crippen LogP contribution in [0.4, 0.5) is 29.3 Å². The van der Waals surface area contributed by atoms with Gasteiger partial charge in [-0.1, -0.05) is 0 Å². The second kappa shape index (κ2) is 9.52. The lowest BCUT2D eigenvalue weighted by Gasteiger charge is -2.24. The summed E-state index contributed by atoms with van der Waals surface area (Å²) in [5.41, 5.74) is 7.18. The van der Waals surface area contributed by atoms with E-state index in [9.17, 15) is 18.0 Å². The fourth-order valence-electron chi connectivity index (χ4n) is 3.85. The molecule has 1 aliphatic heterocycles. The smallest absolute Gasteiger partial charge is 0.381 e. The van der Waals surface area contributed by atoms with Crippen molar-refractivity contribution >= 4 is 40.4 Å². The first-order valence-corrected chi connectivity index (χ1v) is 11.2. The van der Waals surface area contributed by atoms with Gasteiger partial charge in [-0.15, -0.1) is 0 Å². The summed E-state index contributed by atoms with van der Waals surface area (Å²) in [6, 6.07) is 11.6. The molecule has 0 saturated carbocycles. The molecule has 0 bridgehead atoms. The van der Waals surface area contributed by atoms with Gasteiger partial charge >= 0.3 is 12.2 Å². The quantitative estimate of drug-likeness (QED) is 0.480. The molecule has 0 aliphatic carbocycles. The third-order valence-electron chi connectivity index (χ3n) is 5.49. The Balaban J connectivity index is 1.57. The Morgan fingerprint density at radius 2 is 1.94 bits per heavy atom. The molecule has 1 aliphatic rings. The van der Waals surface area contributed by atoms with Crippen molar-refractivity contribution in [1.82, 2.24) is 9.55 Å². The van der Waals surface area contributed by atoms with Gasteiger partial charge in [-0.3, -0.25) is 0 Å². The maximum absolute atomic E-state index is 13.7. The summed E-state index contributed by atoms with van der Waals surface area (Å²) in [5.74, 6) is -0.740. The summed E-state index contributed by atoms with van der Waals surface area (Å²) in [6.07, 6.45) is -3.06. The van der Waals surface area contributed by atoms with Gasteiger partial charge in [0.2, 0.25) is 5.82 Å². The maximum Gasteiger partial charge on any atom is 0.449 e. The molecule has 1 aromatic heterocycles. The molecule has 0 radical (unpaired) electrons. The van der Waals surface area contributed by atoms with Crippen LogP contribution in [0.5, 0.6) is 0 Å². The van der Waals surface area contributed by atoms with Crippen LogP contribution < -0.4 is 15.4 Å². The lowest BCUT2D eigenvalue weighted by Crippen LogP contribution is -2.23. The number of aromatic nitrogens is 2. The Morgan fingerprint density at radius 1 is 1.24 bits per heavy atom. The number of carbonyl (C=O) groups excluding carboxylic acids is 1. The summed E-state index contributed by atoms with van der Waals surface area (Å²) in [7, 11) is 1.82. The van der Waals surface area contributed by atoms with Crippen molar-refractivity contribution in [2.75, 3.05) is 29.9 Å². The lowest BCUT2D eigenvalue weighted by molar-refractivity contribution is -0.147. The average molecular weight is 480 g/mol. The van der Waals surface area contributed by atoms with E-state index in [0.29, 0.717) is 29.9 Å². The van der Waals surface area contributed by atoms with Crippen molar-refractivity contribution in [2.24, 2.45) is 11.7 Å². The number of hydrogen-bond donors (Lipinski definition) is 2. The van der Waals surface area contributed by atoms with E-state index in [1.807, 2.05) is 23.5 Å². The van der Waals surface area contributed by atoms with Crippen LogP contribution in [0.3, 0.4) is 0 Å². The largest absolute Gasteiger partial charge is 0.449 e. The topological polar surface area (TPSA) is 85.4 Å². The first-order valence-electron chi connectivity index (χ1n) is 10.4. The third kappa shape index (κ3) is 5.53. The molecule has 2 heterocycles. The van der Waals surface area contributed by atoms with Gasteiger partial charge < -0.3 is 24.7 Å². The molecule has 0 atom stereocenters. The van der Waals surface area contributed by atoms with Gasteiger partial charge in [0.25, 0.3) is 0 Å². The Labute approximate surface area is 193 Å². The summed E-state index contributed by atoms with van der Waals surface area (Å²) in [4.78, 5) is 15.8. The van der Waals surface area contributed by atoms with Gasteiger partial charge in [-0.2, -0.15) is 13.2 Å². The fraction of sp³-hybridized carbons (Fsp3) is 0.364. The molecule has 1 saturated heterocycles. The SMILES string of the molecule is CN(Sc1ccc(NC(N)=O)cc1)c1ccc2c(c1)nc(C(F)(F)F)n2CC1CCOCC1. The number of urea groups is 1. The summed E-state index contributed by atoms with van der Waals surface area (Å²) in [6.45, 7) is 1.42. The van der Waals surface area contributed by atoms with E-state index in [-0.39, 0.29) is 12.5 Å². The number of ether oxygens (including phenoxy) is 1. The molecule has 2 amide bonds. The Kier molecular flexibility index (Phi) is 6.71. The number of nitrogens with zero attached hydrogens (tertiary/aromatic N) is 3. The number of imidazole rings is 1. The predicted molar refractivity (Wildman–Crippen MR) is 122 cm³/mol. The van der Waals surface area contributed by atoms with Crippen LogP contribution >= 0.6 is 11.9 Å². The van der Waals surface area contributed by atoms with Gasteiger partial charge in [-0.05, 0) is 73.2 Å². The number of amides is 2. The minimum atomic E-state index is -4.54. The van der Waals surface area contributed by atoms with E-state index in [0.717, 1.165) is 23.4 Å². The normalized spacial score (nSPS) is 15.0. The van der Waals surface area contributed by atoms with Crippen LogP contribution in [-0.4, -0.2) is 35.8 Å². The number of fused-ring (bicyclic) bond motifs is 1. The van der Waals surface area contributed by atoms with Crippen LogP contribution in [0.25, 0.3) is 11.0 Å². The van der Waals surface area contributed by atoms with Crippen molar-refractivity contribution in [3.05, 3.63) is 48.3 Å². The maximum atomic E-state index is 13.7. The Bertz CT molecular complexity index is 1130. The number of benzene rings is 2. The van der Waals surface area contributed by atoms with E-state index in [4.69, 9.17) is 10.5 Å². The Morgan fingerprint density at radius 3 is 2.58 bits per heavy atom. The van der Waals surface area contributed by atoms with E-state index >= 15 is 0 Å². The number of carbonyl (C=O) groups is 1. The molecule has 33 heavy (non-hydrogen) atoms. The number of anilines is 2. The molecular formula is C22H24F3N5O2S. The molecular weight excluding hydrogens is 455 g/mol. The zero-order chi connectivity index (χ0) is 23.6. The average Bonchev–Trinajstić information content (AvgIpc) is 3.13. The van der Waals surface area contributed by atoms with Gasteiger partial charge in [0.05, 0.1) is 11.0 Å². The number of rotatable bonds is 6. The minimum absolute atomic E-state index is 0.127. The van der Waals surface area contributed by atoms with Crippen LogP contribution in [0.2, 0.25) is 0 Å². The molecule has 176 valence electrons. The summed E-state index contributed by atoms with van der Waals surface area (Å²) in [5, 5.41) is 2.49. The van der Waals surface area contributed by atoms with Crippen molar-refractivity contribution in [2.45, 2.75) is 30.5 Å². The zero-order valence-electron chi connectivity index (χ0n) is 17.9. The third-order valence-corrected chi connectivity index (χ3v) is 6.46. The van der Waals surface area contributed by atoms with E-state index < -0.39 is 18.0 Å². The van der Waals surface area contributed by atoms with Crippen molar-refractivity contribution < 1.29 is 22.7 Å². The van der Waals surface area contributed by atoms with E-state index in [1.54, 1.807) is 30.3 Å². The van der Waals surface area contributed by atoms with Crippen molar-refractivity contribution in [3.63, 3.8) is 0 Å². The molecule has 4 rings (SSSR count). The summed E-state index contributed by atoms with van der Waals surface area (Å²) < 4.78 is 49.7. The number of primary amides is 1. The first kappa shape index (κ1) is 23.2. The molecule has 7 nitrogen and oxygen atoms in total. The molecule has 0 unspecified atom stereocenters. The number of nitrogens with one attached hydrogen (secondary N) is 1. The molecule has 2 aromatic carbocycles. The fourth-order valence-corrected chi connectivity index (χ4v) is 4.65. The molecule has 3 N–H and O–H groups in total. The molecule has 11 heteroatoms. The van der Waals surface area contributed by atoms with Crippen molar-refractivity contribution in [1.29, 1.82) is 0 Å². The van der Waals surface area contributed by atoms with Crippen molar-refractivity contribution in [3.8, 4) is 0 Å². The molecule has 3 aromatic rings. The molecule has 1 fully saturated rings. The summed E-state index contributed by atoms with van der Waals surface area (Å²) >= 11 is 1.40. The van der Waals surface area contributed by atoms with E-state index in [1.165, 1.54) is 16.5 Å². The lowest BCUT2D eigenvalue weighted by atomic mass is 10.0. The highest BCUT2D eigenvalue weighted by molar-refractivity contribution is 8.00.